The standard InChI is InChI=1S/C14H15F3N2O3/c1-13(11(20)21)5-6-19(8-13)12(22)18-10-4-2-3-9(7-10)14(15,16)17/h2-4,7H,5-6,8H2,1H3,(H,18,22)(H,20,21). The predicted octanol–water partition coefficient (Wildman–Crippen LogP) is 3.03. The van der Waals surface area contributed by atoms with Crippen molar-refractivity contribution in [1.29, 1.82) is 0 Å². The van der Waals surface area contributed by atoms with Crippen molar-refractivity contribution in [3.8, 4) is 0 Å². The molecule has 1 atom stereocenters. The smallest absolute Gasteiger partial charge is 0.416 e. The Morgan fingerprint density at radius 1 is 1.36 bits per heavy atom. The third-order valence-corrected chi connectivity index (χ3v) is 3.72. The fourth-order valence-electron chi connectivity index (χ4n) is 2.28. The van der Waals surface area contributed by atoms with E-state index in [2.05, 4.69) is 5.32 Å². The molecule has 5 nitrogen and oxygen atoms in total. The first kappa shape index (κ1) is 16.1. The maximum atomic E-state index is 12.6. The number of carbonyl (C=O) groups excluding carboxylic acids is 1. The lowest BCUT2D eigenvalue weighted by atomic mass is 9.90. The highest BCUT2D eigenvalue weighted by Gasteiger charge is 2.42. The van der Waals surface area contributed by atoms with Crippen LogP contribution >= 0.6 is 0 Å². The van der Waals surface area contributed by atoms with Crippen LogP contribution in [0.5, 0.6) is 0 Å². The minimum Gasteiger partial charge on any atom is -0.481 e. The first-order valence-electron chi connectivity index (χ1n) is 6.58. The SMILES string of the molecule is CC1(C(=O)O)CCN(C(=O)Nc2cccc(C(F)(F)F)c2)C1. The molecule has 1 heterocycles. The van der Waals surface area contributed by atoms with E-state index in [1.54, 1.807) is 0 Å². The topological polar surface area (TPSA) is 69.6 Å². The quantitative estimate of drug-likeness (QED) is 0.881. The molecule has 8 heteroatoms. The van der Waals surface area contributed by atoms with Crippen LogP contribution in [0.15, 0.2) is 24.3 Å². The second-order valence-electron chi connectivity index (χ2n) is 5.55. The van der Waals surface area contributed by atoms with Gasteiger partial charge in [-0.05, 0) is 31.5 Å². The number of urea groups is 1. The van der Waals surface area contributed by atoms with Gasteiger partial charge in [-0.1, -0.05) is 6.07 Å². The summed E-state index contributed by atoms with van der Waals surface area (Å²) in [4.78, 5) is 24.4. The molecule has 120 valence electrons. The average molecular weight is 316 g/mol. The molecule has 2 amide bonds. The Morgan fingerprint density at radius 2 is 2.05 bits per heavy atom. The summed E-state index contributed by atoms with van der Waals surface area (Å²) >= 11 is 0. The summed E-state index contributed by atoms with van der Waals surface area (Å²) in [6.07, 6.45) is -4.19. The maximum Gasteiger partial charge on any atom is 0.416 e. The summed E-state index contributed by atoms with van der Waals surface area (Å²) in [5.41, 5.74) is -1.86. The number of nitrogens with zero attached hydrogens (tertiary/aromatic N) is 1. The largest absolute Gasteiger partial charge is 0.481 e. The fraction of sp³-hybridized carbons (Fsp3) is 0.429. The molecule has 1 aliphatic rings. The van der Waals surface area contributed by atoms with Gasteiger partial charge in [-0.25, -0.2) is 4.79 Å². The minimum atomic E-state index is -4.49. The van der Waals surface area contributed by atoms with E-state index in [-0.39, 0.29) is 18.8 Å². The van der Waals surface area contributed by atoms with Crippen LogP contribution in [0.1, 0.15) is 18.9 Å². The van der Waals surface area contributed by atoms with E-state index in [1.165, 1.54) is 24.0 Å². The number of carbonyl (C=O) groups is 2. The van der Waals surface area contributed by atoms with Gasteiger partial charge in [0.1, 0.15) is 0 Å². The molecule has 1 saturated heterocycles. The molecule has 1 aromatic rings. The van der Waals surface area contributed by atoms with Crippen molar-refractivity contribution in [2.24, 2.45) is 5.41 Å². The lowest BCUT2D eigenvalue weighted by molar-refractivity contribution is -0.147. The lowest BCUT2D eigenvalue weighted by Crippen LogP contribution is -2.37. The van der Waals surface area contributed by atoms with Crippen LogP contribution in [-0.4, -0.2) is 35.1 Å². The van der Waals surface area contributed by atoms with Gasteiger partial charge in [0.15, 0.2) is 0 Å². The molecule has 0 radical (unpaired) electrons. The second kappa shape index (κ2) is 5.51. The summed E-state index contributed by atoms with van der Waals surface area (Å²) in [6.45, 7) is 1.80. The summed E-state index contributed by atoms with van der Waals surface area (Å²) in [7, 11) is 0. The zero-order valence-corrected chi connectivity index (χ0v) is 11.8. The van der Waals surface area contributed by atoms with Crippen molar-refractivity contribution in [3.05, 3.63) is 29.8 Å². The summed E-state index contributed by atoms with van der Waals surface area (Å²) in [5.74, 6) is -0.998. The van der Waals surface area contributed by atoms with Gasteiger partial charge in [-0.2, -0.15) is 13.2 Å². The van der Waals surface area contributed by atoms with Crippen LogP contribution in [0.25, 0.3) is 0 Å². The van der Waals surface area contributed by atoms with Gasteiger partial charge in [-0.15, -0.1) is 0 Å². The number of carboxylic acid groups (broad SMARTS) is 1. The number of benzene rings is 1. The zero-order chi connectivity index (χ0) is 16.5. The lowest BCUT2D eigenvalue weighted by Gasteiger charge is -2.20. The highest BCUT2D eigenvalue weighted by atomic mass is 19.4. The highest BCUT2D eigenvalue weighted by molar-refractivity contribution is 5.90. The van der Waals surface area contributed by atoms with Gasteiger partial charge in [-0.3, -0.25) is 4.79 Å². The number of likely N-dealkylation sites (tertiary alicyclic amines) is 1. The molecule has 0 bridgehead atoms. The van der Waals surface area contributed by atoms with Crippen molar-refractivity contribution in [3.63, 3.8) is 0 Å². The molecule has 2 rings (SSSR count). The van der Waals surface area contributed by atoms with Gasteiger partial charge in [0.25, 0.3) is 0 Å². The second-order valence-corrected chi connectivity index (χ2v) is 5.55. The number of nitrogens with one attached hydrogen (secondary N) is 1. The molecular formula is C14H15F3N2O3. The van der Waals surface area contributed by atoms with E-state index in [0.29, 0.717) is 6.42 Å². The van der Waals surface area contributed by atoms with E-state index in [9.17, 15) is 22.8 Å². The zero-order valence-electron chi connectivity index (χ0n) is 11.8. The monoisotopic (exact) mass is 316 g/mol. The Kier molecular flexibility index (Phi) is 4.04. The van der Waals surface area contributed by atoms with Crippen molar-refractivity contribution in [2.75, 3.05) is 18.4 Å². The Labute approximate surface area is 124 Å². The van der Waals surface area contributed by atoms with Crippen molar-refractivity contribution >= 4 is 17.7 Å². The number of aliphatic carboxylic acids is 1. The van der Waals surface area contributed by atoms with Crippen LogP contribution in [0.2, 0.25) is 0 Å². The van der Waals surface area contributed by atoms with E-state index in [1.807, 2.05) is 0 Å². The van der Waals surface area contributed by atoms with Gasteiger partial charge in [0, 0.05) is 18.8 Å². The Bertz CT molecular complexity index is 603. The van der Waals surface area contributed by atoms with Crippen LogP contribution < -0.4 is 5.32 Å². The molecule has 0 saturated carbocycles. The number of hydrogen-bond acceptors (Lipinski definition) is 2. The molecule has 0 spiro atoms. The number of rotatable bonds is 2. The molecule has 1 unspecified atom stereocenters. The van der Waals surface area contributed by atoms with Crippen molar-refractivity contribution in [1.82, 2.24) is 4.90 Å². The molecule has 2 N–H and O–H groups in total. The molecule has 1 fully saturated rings. The summed E-state index contributed by atoms with van der Waals surface area (Å²) < 4.78 is 37.8. The van der Waals surface area contributed by atoms with Gasteiger partial charge in [0.05, 0.1) is 11.0 Å². The van der Waals surface area contributed by atoms with Gasteiger partial charge in [0.2, 0.25) is 0 Å². The van der Waals surface area contributed by atoms with Crippen LogP contribution in [0.4, 0.5) is 23.7 Å². The molecule has 22 heavy (non-hydrogen) atoms. The van der Waals surface area contributed by atoms with Gasteiger partial charge < -0.3 is 15.3 Å². The average Bonchev–Trinajstić information content (AvgIpc) is 2.82. The van der Waals surface area contributed by atoms with Crippen LogP contribution in [0.3, 0.4) is 0 Å². The van der Waals surface area contributed by atoms with Crippen LogP contribution in [-0.2, 0) is 11.0 Å². The number of alkyl halides is 3. The number of carboxylic acids is 1. The first-order valence-corrected chi connectivity index (χ1v) is 6.58. The minimum absolute atomic E-state index is 0.0174. The van der Waals surface area contributed by atoms with E-state index < -0.39 is 29.2 Å². The molecule has 0 aliphatic carbocycles. The number of amides is 2. The van der Waals surface area contributed by atoms with Crippen LogP contribution in [0, 0.1) is 5.41 Å². The highest BCUT2D eigenvalue weighted by Crippen LogP contribution is 2.32. The van der Waals surface area contributed by atoms with E-state index in [0.717, 1.165) is 12.1 Å². The number of hydrogen-bond donors (Lipinski definition) is 2. The fourth-order valence-corrected chi connectivity index (χ4v) is 2.28. The molecule has 1 aromatic carbocycles. The third-order valence-electron chi connectivity index (χ3n) is 3.72. The van der Waals surface area contributed by atoms with Crippen molar-refractivity contribution < 1.29 is 27.9 Å². The molecule has 1 aliphatic heterocycles. The third kappa shape index (κ3) is 3.32. The Hall–Kier alpha value is -2.25. The Morgan fingerprint density at radius 3 is 2.59 bits per heavy atom. The first-order chi connectivity index (χ1) is 10.1. The predicted molar refractivity (Wildman–Crippen MR) is 72.4 cm³/mol. The van der Waals surface area contributed by atoms with E-state index in [4.69, 9.17) is 5.11 Å². The molecular weight excluding hydrogens is 301 g/mol. The summed E-state index contributed by atoms with van der Waals surface area (Å²) in [6, 6.07) is 3.69. The normalized spacial score (nSPS) is 21.7. The van der Waals surface area contributed by atoms with Gasteiger partial charge >= 0.3 is 18.2 Å². The maximum absolute atomic E-state index is 12.6. The Balaban J connectivity index is 2.06. The summed E-state index contributed by atoms with van der Waals surface area (Å²) in [5, 5.41) is 11.5. The number of anilines is 1. The van der Waals surface area contributed by atoms with E-state index >= 15 is 0 Å². The molecule has 0 aromatic heterocycles. The van der Waals surface area contributed by atoms with Crippen molar-refractivity contribution in [2.45, 2.75) is 19.5 Å². The number of halogens is 3.